The normalized spacial score (nSPS) is 10.7. The number of halogens is 3. The molecule has 0 aliphatic rings. The standard InChI is InChI=1S/C10H4BrClFNO2/c11-7-2-4(13)1-6-5(7)3-8(10(15)16)14-9(6)12/h1-3H,(H,15,16). The highest BCUT2D eigenvalue weighted by Gasteiger charge is 2.12. The van der Waals surface area contributed by atoms with Crippen molar-refractivity contribution in [3.8, 4) is 0 Å². The third kappa shape index (κ3) is 1.88. The van der Waals surface area contributed by atoms with Gasteiger partial charge in [-0.05, 0) is 18.2 Å². The zero-order valence-electron chi connectivity index (χ0n) is 7.67. The number of nitrogens with zero attached hydrogens (tertiary/aromatic N) is 1. The molecule has 0 saturated heterocycles. The number of aromatic nitrogens is 1. The van der Waals surface area contributed by atoms with E-state index in [1.165, 1.54) is 18.2 Å². The second-order valence-electron chi connectivity index (χ2n) is 3.09. The van der Waals surface area contributed by atoms with Crippen molar-refractivity contribution in [2.75, 3.05) is 0 Å². The van der Waals surface area contributed by atoms with Crippen LogP contribution in [0.3, 0.4) is 0 Å². The van der Waals surface area contributed by atoms with Crippen LogP contribution in [-0.2, 0) is 0 Å². The van der Waals surface area contributed by atoms with Crippen molar-refractivity contribution in [3.63, 3.8) is 0 Å². The lowest BCUT2D eigenvalue weighted by molar-refractivity contribution is 0.0690. The van der Waals surface area contributed by atoms with E-state index in [0.717, 1.165) is 0 Å². The van der Waals surface area contributed by atoms with E-state index in [4.69, 9.17) is 16.7 Å². The Bertz CT molecular complexity index is 603. The van der Waals surface area contributed by atoms with Gasteiger partial charge in [0.2, 0.25) is 0 Å². The van der Waals surface area contributed by atoms with Crippen molar-refractivity contribution in [3.05, 3.63) is 39.3 Å². The van der Waals surface area contributed by atoms with Gasteiger partial charge in [-0.25, -0.2) is 14.2 Å². The molecule has 82 valence electrons. The smallest absolute Gasteiger partial charge is 0.354 e. The lowest BCUT2D eigenvalue weighted by Gasteiger charge is -2.04. The highest BCUT2D eigenvalue weighted by molar-refractivity contribution is 9.10. The Morgan fingerprint density at radius 1 is 1.38 bits per heavy atom. The van der Waals surface area contributed by atoms with Crippen molar-refractivity contribution in [1.82, 2.24) is 4.98 Å². The quantitative estimate of drug-likeness (QED) is 0.821. The molecule has 2 rings (SSSR count). The van der Waals surface area contributed by atoms with E-state index in [0.29, 0.717) is 15.2 Å². The van der Waals surface area contributed by atoms with Crippen molar-refractivity contribution >= 4 is 44.3 Å². The van der Waals surface area contributed by atoms with Gasteiger partial charge in [-0.1, -0.05) is 27.5 Å². The Kier molecular flexibility index (Phi) is 2.82. The summed E-state index contributed by atoms with van der Waals surface area (Å²) in [6.07, 6.45) is 0. The van der Waals surface area contributed by atoms with Crippen LogP contribution in [0.2, 0.25) is 5.15 Å². The first-order chi connectivity index (χ1) is 7.49. The molecule has 1 N–H and O–H groups in total. The topological polar surface area (TPSA) is 50.2 Å². The maximum Gasteiger partial charge on any atom is 0.354 e. The van der Waals surface area contributed by atoms with Gasteiger partial charge in [-0.2, -0.15) is 0 Å². The summed E-state index contributed by atoms with van der Waals surface area (Å²) in [5, 5.41) is 9.66. The van der Waals surface area contributed by atoms with Crippen molar-refractivity contribution in [1.29, 1.82) is 0 Å². The molecular formula is C10H4BrClFNO2. The maximum atomic E-state index is 13.1. The van der Waals surface area contributed by atoms with E-state index in [1.807, 2.05) is 0 Å². The number of hydrogen-bond donors (Lipinski definition) is 1. The second kappa shape index (κ2) is 3.99. The molecule has 0 aliphatic carbocycles. The zero-order valence-corrected chi connectivity index (χ0v) is 10.0. The Balaban J connectivity index is 2.87. The minimum atomic E-state index is -1.18. The second-order valence-corrected chi connectivity index (χ2v) is 4.30. The molecule has 0 saturated carbocycles. The third-order valence-electron chi connectivity index (χ3n) is 2.04. The molecule has 3 nitrogen and oxygen atoms in total. The fourth-order valence-corrected chi connectivity index (χ4v) is 2.14. The molecule has 2 aromatic rings. The minimum Gasteiger partial charge on any atom is -0.477 e. The number of carbonyl (C=O) groups is 1. The van der Waals surface area contributed by atoms with Gasteiger partial charge in [0, 0.05) is 15.2 Å². The van der Waals surface area contributed by atoms with Crippen molar-refractivity contribution < 1.29 is 14.3 Å². The highest BCUT2D eigenvalue weighted by atomic mass is 79.9. The van der Waals surface area contributed by atoms with Crippen LogP contribution >= 0.6 is 27.5 Å². The molecule has 1 aromatic heterocycles. The summed E-state index contributed by atoms with van der Waals surface area (Å²) in [4.78, 5) is 14.4. The summed E-state index contributed by atoms with van der Waals surface area (Å²) >= 11 is 8.93. The average Bonchev–Trinajstić information content (AvgIpc) is 2.19. The van der Waals surface area contributed by atoms with Crippen LogP contribution in [0.5, 0.6) is 0 Å². The lowest BCUT2D eigenvalue weighted by atomic mass is 10.1. The van der Waals surface area contributed by atoms with Crippen LogP contribution in [-0.4, -0.2) is 16.1 Å². The molecule has 0 bridgehead atoms. The molecule has 0 fully saturated rings. The SMILES string of the molecule is O=C(O)c1cc2c(Br)cc(F)cc2c(Cl)n1. The minimum absolute atomic E-state index is 0.0323. The van der Waals surface area contributed by atoms with Crippen molar-refractivity contribution in [2.24, 2.45) is 0 Å². The number of benzene rings is 1. The van der Waals surface area contributed by atoms with Gasteiger partial charge in [-0.15, -0.1) is 0 Å². The molecule has 1 heterocycles. The number of carboxylic acid groups (broad SMARTS) is 1. The molecule has 0 aliphatic heterocycles. The largest absolute Gasteiger partial charge is 0.477 e. The molecular weight excluding hydrogens is 300 g/mol. The number of carboxylic acids is 1. The van der Waals surface area contributed by atoms with Gasteiger partial charge in [0.05, 0.1) is 0 Å². The summed E-state index contributed by atoms with van der Waals surface area (Å²) in [6.45, 7) is 0. The molecule has 1 aromatic carbocycles. The van der Waals surface area contributed by atoms with Gasteiger partial charge in [-0.3, -0.25) is 0 Å². The highest BCUT2D eigenvalue weighted by Crippen LogP contribution is 2.30. The van der Waals surface area contributed by atoms with Crippen LogP contribution in [0.15, 0.2) is 22.7 Å². The van der Waals surface area contributed by atoms with Gasteiger partial charge < -0.3 is 5.11 Å². The predicted molar refractivity (Wildman–Crippen MR) is 61.4 cm³/mol. The first-order valence-corrected chi connectivity index (χ1v) is 5.34. The van der Waals surface area contributed by atoms with E-state index in [2.05, 4.69) is 20.9 Å². The van der Waals surface area contributed by atoms with Gasteiger partial charge in [0.15, 0.2) is 5.69 Å². The monoisotopic (exact) mass is 303 g/mol. The first-order valence-electron chi connectivity index (χ1n) is 4.17. The summed E-state index contributed by atoms with van der Waals surface area (Å²) in [7, 11) is 0. The maximum absolute atomic E-state index is 13.1. The van der Waals surface area contributed by atoms with Gasteiger partial charge in [0.1, 0.15) is 11.0 Å². The van der Waals surface area contributed by atoms with Crippen molar-refractivity contribution in [2.45, 2.75) is 0 Å². The number of pyridine rings is 1. The molecule has 6 heteroatoms. The Labute approximate surface area is 103 Å². The van der Waals surface area contributed by atoms with Crippen LogP contribution in [0, 0.1) is 5.82 Å². The molecule has 0 spiro atoms. The zero-order chi connectivity index (χ0) is 11.9. The fourth-order valence-electron chi connectivity index (χ4n) is 1.35. The Morgan fingerprint density at radius 2 is 2.06 bits per heavy atom. The van der Waals surface area contributed by atoms with Crippen LogP contribution in [0.4, 0.5) is 4.39 Å². The summed E-state index contributed by atoms with van der Waals surface area (Å²) in [5.74, 6) is -1.65. The van der Waals surface area contributed by atoms with E-state index >= 15 is 0 Å². The summed E-state index contributed by atoms with van der Waals surface area (Å²) in [6, 6.07) is 3.79. The third-order valence-corrected chi connectivity index (χ3v) is 2.98. The lowest BCUT2D eigenvalue weighted by Crippen LogP contribution is -2.00. The van der Waals surface area contributed by atoms with Gasteiger partial charge >= 0.3 is 5.97 Å². The van der Waals surface area contributed by atoms with Crippen LogP contribution < -0.4 is 0 Å². The van der Waals surface area contributed by atoms with E-state index < -0.39 is 11.8 Å². The van der Waals surface area contributed by atoms with E-state index in [9.17, 15) is 9.18 Å². The molecule has 0 unspecified atom stereocenters. The molecule has 16 heavy (non-hydrogen) atoms. The van der Waals surface area contributed by atoms with Gasteiger partial charge in [0.25, 0.3) is 0 Å². The summed E-state index contributed by atoms with van der Waals surface area (Å²) in [5.41, 5.74) is -0.176. The van der Waals surface area contributed by atoms with E-state index in [1.54, 1.807) is 0 Å². The molecule has 0 atom stereocenters. The van der Waals surface area contributed by atoms with Crippen LogP contribution in [0.1, 0.15) is 10.5 Å². The number of rotatable bonds is 1. The summed E-state index contributed by atoms with van der Waals surface area (Å²) < 4.78 is 13.5. The average molecular weight is 305 g/mol. The predicted octanol–water partition coefficient (Wildman–Crippen LogP) is 3.49. The number of aromatic carboxylic acids is 1. The van der Waals surface area contributed by atoms with E-state index in [-0.39, 0.29) is 10.8 Å². The number of hydrogen-bond acceptors (Lipinski definition) is 2. The number of fused-ring (bicyclic) bond motifs is 1. The fraction of sp³-hybridized carbons (Fsp3) is 0. The first kappa shape index (κ1) is 11.3. The van der Waals surface area contributed by atoms with Crippen LogP contribution in [0.25, 0.3) is 10.8 Å². The molecule has 0 radical (unpaired) electrons. The Hall–Kier alpha value is -1.20. The molecule has 0 amide bonds. The Morgan fingerprint density at radius 3 is 2.69 bits per heavy atom.